The molecule has 1 amide bonds. The standard InChI is InChI=1S/C24H25N5O4S3/c1-28(18-4-2-3-16-13-17(27-21(16)18)22-25-8-12-35-22)36(31,32)20-5-11-34-19(20)14-29-9-6-24(7-10-29)15-26-23(30)33-24/h2-5,8,11-13,27H,6-7,9-10,14-15H2,1H3,(H,26,30). The van der Waals surface area contributed by atoms with Crippen LogP contribution in [-0.4, -0.2) is 61.7 Å². The molecule has 0 aliphatic carbocycles. The van der Waals surface area contributed by atoms with Crippen molar-refractivity contribution in [2.45, 2.75) is 29.9 Å². The average molecular weight is 544 g/mol. The second-order valence-electron chi connectivity index (χ2n) is 9.14. The molecule has 2 aliphatic rings. The number of para-hydroxylation sites is 1. The number of nitrogens with zero attached hydrogens (tertiary/aromatic N) is 3. The molecule has 2 fully saturated rings. The molecule has 2 N–H and O–H groups in total. The number of aromatic nitrogens is 2. The number of thiazole rings is 1. The van der Waals surface area contributed by atoms with Crippen LogP contribution in [0.25, 0.3) is 21.6 Å². The number of thiophene rings is 1. The van der Waals surface area contributed by atoms with Gasteiger partial charge in [0.2, 0.25) is 0 Å². The molecule has 3 aromatic heterocycles. The van der Waals surface area contributed by atoms with Crippen molar-refractivity contribution < 1.29 is 17.9 Å². The van der Waals surface area contributed by atoms with Crippen molar-refractivity contribution in [3.05, 3.63) is 52.2 Å². The molecule has 2 saturated heterocycles. The van der Waals surface area contributed by atoms with E-state index in [0.29, 0.717) is 23.7 Å². The Balaban J connectivity index is 1.24. The molecule has 5 heterocycles. The lowest BCUT2D eigenvalue weighted by molar-refractivity contribution is -0.000946. The van der Waals surface area contributed by atoms with Crippen LogP contribution in [0.5, 0.6) is 0 Å². The fourth-order valence-corrected chi connectivity index (χ4v) is 8.19. The van der Waals surface area contributed by atoms with Crippen LogP contribution in [0.4, 0.5) is 10.5 Å². The van der Waals surface area contributed by atoms with Gasteiger partial charge in [-0.25, -0.2) is 18.2 Å². The SMILES string of the molecule is CN(c1cccc2cc(-c3nccs3)[nH]c12)S(=O)(=O)c1ccsc1CN1CCC2(CC1)CNC(=O)O2. The molecule has 4 aromatic rings. The summed E-state index contributed by atoms with van der Waals surface area (Å²) in [6, 6.07) is 9.33. The monoisotopic (exact) mass is 543 g/mol. The Morgan fingerprint density at radius 3 is 2.75 bits per heavy atom. The van der Waals surface area contributed by atoms with E-state index >= 15 is 0 Å². The number of carbonyl (C=O) groups is 1. The third-order valence-corrected chi connectivity index (χ3v) is 10.7. The summed E-state index contributed by atoms with van der Waals surface area (Å²) in [6.45, 7) is 2.56. The summed E-state index contributed by atoms with van der Waals surface area (Å²) in [5, 5.41) is 8.28. The molecule has 9 nitrogen and oxygen atoms in total. The third kappa shape index (κ3) is 4.07. The lowest BCUT2D eigenvalue weighted by atomic mass is 9.92. The van der Waals surface area contributed by atoms with Gasteiger partial charge in [-0.1, -0.05) is 12.1 Å². The minimum Gasteiger partial charge on any atom is -0.441 e. The van der Waals surface area contributed by atoms with E-state index < -0.39 is 15.6 Å². The van der Waals surface area contributed by atoms with Gasteiger partial charge >= 0.3 is 6.09 Å². The molecule has 0 atom stereocenters. The molecule has 188 valence electrons. The number of anilines is 1. The van der Waals surface area contributed by atoms with Crippen molar-refractivity contribution in [1.29, 1.82) is 0 Å². The molecule has 6 rings (SSSR count). The Labute approximate surface area is 216 Å². The van der Waals surface area contributed by atoms with E-state index in [1.54, 1.807) is 19.3 Å². The number of benzene rings is 1. The summed E-state index contributed by atoms with van der Waals surface area (Å²) < 4.78 is 34.5. The van der Waals surface area contributed by atoms with Gasteiger partial charge in [0.25, 0.3) is 10.0 Å². The van der Waals surface area contributed by atoms with Gasteiger partial charge in [-0.05, 0) is 23.6 Å². The first-order chi connectivity index (χ1) is 17.3. The maximum atomic E-state index is 13.8. The number of H-pyrrole nitrogens is 1. The number of aromatic amines is 1. The van der Waals surface area contributed by atoms with Crippen LogP contribution in [0.3, 0.4) is 0 Å². The fourth-order valence-electron chi connectivity index (χ4n) is 4.93. The third-order valence-electron chi connectivity index (χ3n) is 6.98. The van der Waals surface area contributed by atoms with E-state index in [0.717, 1.165) is 52.4 Å². The highest BCUT2D eigenvalue weighted by Crippen LogP contribution is 2.36. The molecule has 2 aliphatic heterocycles. The lowest BCUT2D eigenvalue weighted by Gasteiger charge is -2.37. The van der Waals surface area contributed by atoms with Gasteiger partial charge in [-0.3, -0.25) is 9.21 Å². The molecular formula is C24H25N5O4S3. The van der Waals surface area contributed by atoms with Crippen molar-refractivity contribution in [3.8, 4) is 10.7 Å². The van der Waals surface area contributed by atoms with Gasteiger partial charge in [0.05, 0.1) is 23.4 Å². The number of hydrogen-bond acceptors (Lipinski definition) is 8. The highest BCUT2D eigenvalue weighted by atomic mass is 32.2. The number of fused-ring (bicyclic) bond motifs is 1. The molecule has 1 aromatic carbocycles. The molecular weight excluding hydrogens is 518 g/mol. The summed E-state index contributed by atoms with van der Waals surface area (Å²) in [5.41, 5.74) is 1.78. The number of hydrogen-bond donors (Lipinski definition) is 2. The molecule has 0 unspecified atom stereocenters. The summed E-state index contributed by atoms with van der Waals surface area (Å²) in [7, 11) is -2.19. The first kappa shape index (κ1) is 23.5. The van der Waals surface area contributed by atoms with E-state index in [4.69, 9.17) is 4.74 Å². The van der Waals surface area contributed by atoms with Crippen molar-refractivity contribution in [2.75, 3.05) is 31.0 Å². The highest BCUT2D eigenvalue weighted by molar-refractivity contribution is 7.93. The van der Waals surface area contributed by atoms with E-state index in [-0.39, 0.29) is 6.09 Å². The summed E-state index contributed by atoms with van der Waals surface area (Å²) in [4.78, 5) is 22.6. The average Bonchev–Trinajstić information content (AvgIpc) is 3.67. The van der Waals surface area contributed by atoms with Gasteiger partial charge in [0.1, 0.15) is 15.5 Å². The van der Waals surface area contributed by atoms with Gasteiger partial charge in [-0.15, -0.1) is 22.7 Å². The Bertz CT molecular complexity index is 1520. The summed E-state index contributed by atoms with van der Waals surface area (Å²) >= 11 is 2.98. The molecule has 0 radical (unpaired) electrons. The highest BCUT2D eigenvalue weighted by Gasteiger charge is 2.43. The van der Waals surface area contributed by atoms with Crippen LogP contribution in [0.2, 0.25) is 0 Å². The van der Waals surface area contributed by atoms with Gasteiger partial charge in [0, 0.05) is 61.4 Å². The van der Waals surface area contributed by atoms with Crippen molar-refractivity contribution >= 4 is 55.4 Å². The van der Waals surface area contributed by atoms with Crippen LogP contribution in [0.1, 0.15) is 17.7 Å². The predicted octanol–water partition coefficient (Wildman–Crippen LogP) is 4.25. The number of amides is 1. The number of nitrogens with one attached hydrogen (secondary N) is 2. The fraction of sp³-hybridized carbons (Fsp3) is 0.333. The maximum Gasteiger partial charge on any atom is 0.407 e. The Kier molecular flexibility index (Phi) is 5.78. The molecule has 0 bridgehead atoms. The number of rotatable bonds is 6. The lowest BCUT2D eigenvalue weighted by Crippen LogP contribution is -2.46. The smallest absolute Gasteiger partial charge is 0.407 e. The minimum absolute atomic E-state index is 0.327. The quantitative estimate of drug-likeness (QED) is 0.377. The van der Waals surface area contributed by atoms with Crippen LogP contribution in [0.15, 0.2) is 52.2 Å². The van der Waals surface area contributed by atoms with Gasteiger partial charge in [0.15, 0.2) is 0 Å². The number of likely N-dealkylation sites (tertiary alicyclic amines) is 1. The minimum atomic E-state index is -3.79. The van der Waals surface area contributed by atoms with E-state index in [1.807, 2.05) is 35.0 Å². The first-order valence-electron chi connectivity index (χ1n) is 11.6. The maximum absolute atomic E-state index is 13.8. The number of alkyl carbamates (subject to hydrolysis) is 1. The van der Waals surface area contributed by atoms with Crippen molar-refractivity contribution in [2.24, 2.45) is 0 Å². The van der Waals surface area contributed by atoms with Crippen LogP contribution >= 0.6 is 22.7 Å². The van der Waals surface area contributed by atoms with E-state index in [9.17, 15) is 13.2 Å². The molecule has 1 spiro atoms. The van der Waals surface area contributed by atoms with Crippen LogP contribution in [0, 0.1) is 0 Å². The van der Waals surface area contributed by atoms with Crippen molar-refractivity contribution in [1.82, 2.24) is 20.2 Å². The number of piperidine rings is 1. The number of carbonyl (C=O) groups excluding carboxylic acids is 1. The van der Waals surface area contributed by atoms with Gasteiger partial charge < -0.3 is 15.0 Å². The molecule has 0 saturated carbocycles. The van der Waals surface area contributed by atoms with Crippen LogP contribution < -0.4 is 9.62 Å². The molecule has 12 heteroatoms. The second-order valence-corrected chi connectivity index (χ2v) is 13.0. The normalized spacial score (nSPS) is 18.0. The zero-order valence-corrected chi connectivity index (χ0v) is 22.0. The summed E-state index contributed by atoms with van der Waals surface area (Å²) in [5.74, 6) is 0. The zero-order chi connectivity index (χ0) is 24.9. The van der Waals surface area contributed by atoms with Crippen molar-refractivity contribution in [3.63, 3.8) is 0 Å². The zero-order valence-electron chi connectivity index (χ0n) is 19.6. The van der Waals surface area contributed by atoms with Crippen LogP contribution in [-0.2, 0) is 21.3 Å². The van der Waals surface area contributed by atoms with E-state index in [1.165, 1.54) is 27.0 Å². The van der Waals surface area contributed by atoms with Gasteiger partial charge in [-0.2, -0.15) is 0 Å². The first-order valence-corrected chi connectivity index (χ1v) is 14.8. The number of ether oxygens (including phenoxy) is 1. The second kappa shape index (κ2) is 8.87. The van der Waals surface area contributed by atoms with E-state index in [2.05, 4.69) is 20.2 Å². The number of sulfonamides is 1. The summed E-state index contributed by atoms with van der Waals surface area (Å²) in [6.07, 6.45) is 2.86. The Morgan fingerprint density at radius 1 is 1.19 bits per heavy atom. The Hall–Kier alpha value is -2.93. The topological polar surface area (TPSA) is 108 Å². The molecule has 36 heavy (non-hydrogen) atoms. The largest absolute Gasteiger partial charge is 0.441 e. The predicted molar refractivity (Wildman–Crippen MR) is 141 cm³/mol. The Morgan fingerprint density at radius 2 is 2.03 bits per heavy atom.